The monoisotopic (exact) mass is 325 g/mol. The molecule has 2 rings (SSSR count). The molecule has 19 heavy (non-hydrogen) atoms. The van der Waals surface area contributed by atoms with Crippen LogP contribution in [-0.2, 0) is 6.54 Å². The first kappa shape index (κ1) is 12.2. The molecule has 0 saturated heterocycles. The van der Waals surface area contributed by atoms with Gasteiger partial charge in [0, 0.05) is 6.54 Å². The summed E-state index contributed by atoms with van der Waals surface area (Å²) in [6, 6.07) is 5.44. The van der Waals surface area contributed by atoms with E-state index >= 15 is 0 Å². The molecule has 0 bridgehead atoms. The van der Waals surface area contributed by atoms with Crippen LogP contribution in [0.25, 0.3) is 0 Å². The zero-order valence-electron chi connectivity index (χ0n) is 11.5. The molecule has 6 heteroatoms. The van der Waals surface area contributed by atoms with Crippen LogP contribution >= 0.6 is 15.9 Å². The Balaban J connectivity index is 2.37. The zero-order chi connectivity index (χ0) is 14.7. The molecule has 0 unspecified atom stereocenters. The summed E-state index contributed by atoms with van der Waals surface area (Å²) in [7, 11) is 3.12. The molecular weight excluding hydrogens is 312 g/mol. The average Bonchev–Trinajstić information content (AvgIpc) is 2.72. The zero-order valence-corrected chi connectivity index (χ0v) is 12.1. The van der Waals surface area contributed by atoms with Crippen LogP contribution in [0.1, 0.15) is 17.4 Å². The number of nitrogens with zero attached hydrogens (tertiary/aromatic N) is 2. The van der Waals surface area contributed by atoms with E-state index in [9.17, 15) is 4.79 Å². The Hall–Kier alpha value is -1.82. The number of benzene rings is 1. The fraction of sp³-hybridized carbons (Fsp3) is 0.231. The largest absolute Gasteiger partial charge is 0.493 e. The molecule has 100 valence electrons. The maximum atomic E-state index is 11.1. The Morgan fingerprint density at radius 2 is 2.16 bits per heavy atom. The van der Waals surface area contributed by atoms with Crippen molar-refractivity contribution >= 4 is 22.2 Å². The van der Waals surface area contributed by atoms with Crippen LogP contribution in [-0.4, -0.2) is 30.1 Å². The highest BCUT2D eigenvalue weighted by Gasteiger charge is 2.09. The van der Waals surface area contributed by atoms with Gasteiger partial charge >= 0.3 is 0 Å². The number of aldehydes is 1. The fourth-order valence-electron chi connectivity index (χ4n) is 1.72. The second-order valence-corrected chi connectivity index (χ2v) is 4.53. The van der Waals surface area contributed by atoms with Gasteiger partial charge < -0.3 is 14.0 Å². The summed E-state index contributed by atoms with van der Waals surface area (Å²) < 4.78 is 20.1. The second kappa shape index (κ2) is 5.88. The number of imidazole rings is 1. The first-order valence-corrected chi connectivity index (χ1v) is 6.28. The average molecular weight is 326 g/mol. The van der Waals surface area contributed by atoms with Crippen molar-refractivity contribution in [3.63, 3.8) is 0 Å². The summed E-state index contributed by atoms with van der Waals surface area (Å²) in [6.45, 7) is 0.353. The fourth-order valence-corrected chi connectivity index (χ4v) is 2.11. The van der Waals surface area contributed by atoms with E-state index < -0.39 is 0 Å². The molecule has 0 aliphatic rings. The lowest BCUT2D eigenvalue weighted by Gasteiger charge is -2.10. The molecule has 0 N–H and O–H groups in total. The molecule has 2 aromatic rings. The number of ether oxygens (including phenoxy) is 2. The number of halogens is 1. The molecule has 5 nitrogen and oxygen atoms in total. The molecule has 0 fully saturated rings. The third-order valence-electron chi connectivity index (χ3n) is 2.67. The van der Waals surface area contributed by atoms with Gasteiger partial charge in [-0.15, -0.1) is 0 Å². The molecule has 0 aliphatic carbocycles. The number of rotatable bonds is 5. The van der Waals surface area contributed by atoms with Gasteiger partial charge in [0.25, 0.3) is 0 Å². The minimum atomic E-state index is 0.0220. The number of carbonyl (C=O) groups excluding carboxylic acids is 1. The Labute approximate surface area is 120 Å². The van der Waals surface area contributed by atoms with Crippen LogP contribution in [0.15, 0.2) is 29.1 Å². The molecule has 1 aromatic heterocycles. The normalized spacial score (nSPS) is 11.0. The van der Waals surface area contributed by atoms with Crippen LogP contribution in [0.2, 0.25) is 0 Å². The van der Waals surface area contributed by atoms with Crippen molar-refractivity contribution in [1.82, 2.24) is 9.55 Å². The van der Waals surface area contributed by atoms with Gasteiger partial charge in [0.15, 0.2) is 17.8 Å². The number of aromatic nitrogens is 2. The SMILES string of the molecule is [2H]c1nc(Br)c(C=O)n1Cc1ccc(OC)c(OC)c1. The van der Waals surface area contributed by atoms with E-state index in [0.717, 1.165) is 5.56 Å². The van der Waals surface area contributed by atoms with E-state index in [4.69, 9.17) is 10.8 Å². The van der Waals surface area contributed by atoms with Crippen LogP contribution in [0.5, 0.6) is 11.5 Å². The molecule has 0 radical (unpaired) electrons. The summed E-state index contributed by atoms with van der Waals surface area (Å²) in [5.41, 5.74) is 1.22. The highest BCUT2D eigenvalue weighted by Crippen LogP contribution is 2.28. The van der Waals surface area contributed by atoms with Gasteiger partial charge in [-0.3, -0.25) is 4.79 Å². The molecular formula is C13H13BrN2O3. The Kier molecular flexibility index (Phi) is 3.78. The van der Waals surface area contributed by atoms with Gasteiger partial charge in [-0.1, -0.05) is 6.07 Å². The lowest BCUT2D eigenvalue weighted by atomic mass is 10.2. The van der Waals surface area contributed by atoms with E-state index in [0.29, 0.717) is 34.6 Å². The Morgan fingerprint density at radius 1 is 1.42 bits per heavy atom. The smallest absolute Gasteiger partial charge is 0.169 e. The summed E-state index contributed by atoms with van der Waals surface area (Å²) in [6.07, 6.45) is 0.698. The lowest BCUT2D eigenvalue weighted by molar-refractivity contribution is 0.111. The van der Waals surface area contributed by atoms with E-state index in [2.05, 4.69) is 20.9 Å². The van der Waals surface area contributed by atoms with Crippen molar-refractivity contribution in [2.24, 2.45) is 0 Å². The molecule has 0 aliphatic heterocycles. The third kappa shape index (κ3) is 2.78. The minimum Gasteiger partial charge on any atom is -0.493 e. The van der Waals surface area contributed by atoms with Gasteiger partial charge in [-0.2, -0.15) is 0 Å². The van der Waals surface area contributed by atoms with Gasteiger partial charge in [0.05, 0.1) is 20.5 Å². The number of hydrogen-bond acceptors (Lipinski definition) is 4. The van der Waals surface area contributed by atoms with E-state index in [1.165, 1.54) is 4.57 Å². The van der Waals surface area contributed by atoms with E-state index in [1.54, 1.807) is 26.4 Å². The van der Waals surface area contributed by atoms with E-state index in [1.807, 2.05) is 6.07 Å². The van der Waals surface area contributed by atoms with Crippen LogP contribution < -0.4 is 9.47 Å². The quantitative estimate of drug-likeness (QED) is 0.793. The second-order valence-electron chi connectivity index (χ2n) is 3.78. The van der Waals surface area contributed by atoms with Crippen molar-refractivity contribution in [2.75, 3.05) is 14.2 Å². The molecule has 0 amide bonds. The van der Waals surface area contributed by atoms with Crippen LogP contribution in [0.3, 0.4) is 0 Å². The van der Waals surface area contributed by atoms with Crippen molar-refractivity contribution in [2.45, 2.75) is 6.54 Å². The maximum absolute atomic E-state index is 11.1. The standard InChI is InChI=1S/C13H13BrN2O3/c1-18-11-4-3-9(5-12(11)19-2)6-16-8-15-13(14)10(16)7-17/h3-5,7-8H,6H2,1-2H3/i8D. The summed E-state index contributed by atoms with van der Waals surface area (Å²) in [5.74, 6) is 1.23. The van der Waals surface area contributed by atoms with Crippen molar-refractivity contribution < 1.29 is 15.6 Å². The third-order valence-corrected chi connectivity index (χ3v) is 3.25. The predicted molar refractivity (Wildman–Crippen MR) is 74.0 cm³/mol. The summed E-state index contributed by atoms with van der Waals surface area (Å²) in [5, 5.41) is 0. The van der Waals surface area contributed by atoms with Gasteiger partial charge in [0.2, 0.25) is 0 Å². The molecule has 0 atom stereocenters. The molecule has 1 heterocycles. The predicted octanol–water partition coefficient (Wildman–Crippen LogP) is 2.52. The van der Waals surface area contributed by atoms with E-state index in [-0.39, 0.29) is 6.30 Å². The maximum Gasteiger partial charge on any atom is 0.169 e. The minimum absolute atomic E-state index is 0.0220. The number of hydrogen-bond donors (Lipinski definition) is 0. The van der Waals surface area contributed by atoms with Crippen molar-refractivity contribution in [1.29, 1.82) is 0 Å². The Bertz CT molecular complexity index is 643. The lowest BCUT2D eigenvalue weighted by Crippen LogP contribution is -2.03. The molecule has 0 saturated carbocycles. The van der Waals surface area contributed by atoms with Crippen molar-refractivity contribution in [3.05, 3.63) is 40.4 Å². The number of carbonyl (C=O) groups is 1. The van der Waals surface area contributed by atoms with Crippen molar-refractivity contribution in [3.8, 4) is 11.5 Å². The summed E-state index contributed by atoms with van der Waals surface area (Å²) in [4.78, 5) is 15.0. The number of methoxy groups -OCH3 is 2. The first-order valence-electron chi connectivity index (χ1n) is 5.99. The van der Waals surface area contributed by atoms with Gasteiger partial charge in [0.1, 0.15) is 11.7 Å². The first-order chi connectivity index (χ1) is 9.60. The van der Waals surface area contributed by atoms with Crippen LogP contribution in [0, 0.1) is 0 Å². The van der Waals surface area contributed by atoms with Gasteiger partial charge in [-0.05, 0) is 33.6 Å². The highest BCUT2D eigenvalue weighted by atomic mass is 79.9. The van der Waals surface area contributed by atoms with Gasteiger partial charge in [-0.25, -0.2) is 4.98 Å². The topological polar surface area (TPSA) is 53.4 Å². The highest BCUT2D eigenvalue weighted by molar-refractivity contribution is 9.10. The van der Waals surface area contributed by atoms with Crippen LogP contribution in [0.4, 0.5) is 0 Å². The molecule has 1 aromatic carbocycles. The molecule has 0 spiro atoms. The Morgan fingerprint density at radius 3 is 2.79 bits per heavy atom. The summed E-state index contributed by atoms with van der Waals surface area (Å²) >= 11 is 3.16.